The summed E-state index contributed by atoms with van der Waals surface area (Å²) in [7, 11) is 1.79. The molecule has 164 valence electrons. The van der Waals surface area contributed by atoms with E-state index in [0.29, 0.717) is 28.5 Å². The van der Waals surface area contributed by atoms with Gasteiger partial charge in [-0.3, -0.25) is 14.2 Å². The average molecular weight is 482 g/mol. The average Bonchev–Trinajstić information content (AvgIpc) is 3.45. The van der Waals surface area contributed by atoms with E-state index in [4.69, 9.17) is 4.98 Å². The molecular formula is C24H23N3O2S3. The summed E-state index contributed by atoms with van der Waals surface area (Å²) in [6.45, 7) is 6.75. The number of carbonyl (C=O) groups is 1. The Balaban J connectivity index is 1.62. The van der Waals surface area contributed by atoms with Crippen molar-refractivity contribution in [2.75, 3.05) is 12.8 Å². The fraction of sp³-hybridized carbons (Fsp3) is 0.208. The van der Waals surface area contributed by atoms with Gasteiger partial charge in [0.2, 0.25) is 5.91 Å². The lowest BCUT2D eigenvalue weighted by Crippen LogP contribution is -2.28. The lowest BCUT2D eigenvalue weighted by atomic mass is 10.1. The molecule has 1 amide bonds. The Kier molecular flexibility index (Phi) is 6.93. The van der Waals surface area contributed by atoms with Gasteiger partial charge in [0.25, 0.3) is 5.56 Å². The molecule has 0 aliphatic heterocycles. The molecule has 0 bridgehead atoms. The maximum Gasteiger partial charge on any atom is 0.263 e. The second-order valence-corrected chi connectivity index (χ2v) is 10.2. The maximum absolute atomic E-state index is 13.4. The van der Waals surface area contributed by atoms with Crippen LogP contribution in [0.2, 0.25) is 0 Å². The van der Waals surface area contributed by atoms with Gasteiger partial charge in [-0.25, -0.2) is 4.98 Å². The number of nitrogens with zero attached hydrogens (tertiary/aromatic N) is 3. The number of allylic oxidation sites excluding steroid dienone is 1. The Labute approximate surface area is 199 Å². The third-order valence-electron chi connectivity index (χ3n) is 5.06. The Morgan fingerprint density at radius 3 is 2.72 bits per heavy atom. The Hall–Kier alpha value is -2.68. The smallest absolute Gasteiger partial charge is 0.263 e. The fourth-order valence-electron chi connectivity index (χ4n) is 3.31. The van der Waals surface area contributed by atoms with E-state index in [1.165, 1.54) is 28.7 Å². The summed E-state index contributed by atoms with van der Waals surface area (Å²) in [6, 6.07) is 12.1. The molecule has 4 aromatic rings. The van der Waals surface area contributed by atoms with Crippen LogP contribution in [0.25, 0.3) is 21.3 Å². The first-order valence-corrected chi connectivity index (χ1v) is 12.8. The topological polar surface area (TPSA) is 55.2 Å². The first-order valence-electron chi connectivity index (χ1n) is 10.1. The van der Waals surface area contributed by atoms with Crippen LogP contribution < -0.4 is 5.56 Å². The van der Waals surface area contributed by atoms with E-state index in [1.54, 1.807) is 33.9 Å². The molecule has 0 saturated carbocycles. The normalized spacial score (nSPS) is 11.1. The van der Waals surface area contributed by atoms with Gasteiger partial charge in [0.1, 0.15) is 4.83 Å². The van der Waals surface area contributed by atoms with Crippen molar-refractivity contribution in [1.29, 1.82) is 0 Å². The molecule has 0 N–H and O–H groups in total. The first-order chi connectivity index (χ1) is 15.5. The molecule has 0 radical (unpaired) electrons. The molecule has 4 rings (SSSR count). The molecule has 0 fully saturated rings. The first kappa shape index (κ1) is 22.5. The van der Waals surface area contributed by atoms with Crippen LogP contribution in [0.4, 0.5) is 0 Å². The van der Waals surface area contributed by atoms with Gasteiger partial charge in [-0.2, -0.15) is 0 Å². The van der Waals surface area contributed by atoms with E-state index >= 15 is 0 Å². The predicted octanol–water partition coefficient (Wildman–Crippen LogP) is 5.43. The number of aryl methyl sites for hydroxylation is 1. The third-order valence-corrected chi connectivity index (χ3v) is 7.75. The van der Waals surface area contributed by atoms with E-state index < -0.39 is 0 Å². The lowest BCUT2D eigenvalue weighted by molar-refractivity contribution is -0.127. The quantitative estimate of drug-likeness (QED) is 0.191. The second-order valence-electron chi connectivity index (χ2n) is 7.41. The van der Waals surface area contributed by atoms with Gasteiger partial charge >= 0.3 is 0 Å². The van der Waals surface area contributed by atoms with Crippen molar-refractivity contribution in [2.24, 2.45) is 0 Å². The van der Waals surface area contributed by atoms with Crippen LogP contribution in [0.5, 0.6) is 0 Å². The van der Waals surface area contributed by atoms with Crippen LogP contribution >= 0.6 is 34.4 Å². The highest BCUT2D eigenvalue weighted by atomic mass is 32.2. The molecule has 0 aliphatic carbocycles. The zero-order chi connectivity index (χ0) is 22.7. The monoisotopic (exact) mass is 481 g/mol. The Morgan fingerprint density at radius 2 is 2.03 bits per heavy atom. The van der Waals surface area contributed by atoms with Crippen molar-refractivity contribution in [2.45, 2.75) is 25.2 Å². The van der Waals surface area contributed by atoms with E-state index in [9.17, 15) is 9.59 Å². The summed E-state index contributed by atoms with van der Waals surface area (Å²) in [5, 5.41) is 5.14. The van der Waals surface area contributed by atoms with Crippen molar-refractivity contribution in [1.82, 2.24) is 14.5 Å². The minimum absolute atomic E-state index is 0.00516. The van der Waals surface area contributed by atoms with Gasteiger partial charge in [-0.1, -0.05) is 53.7 Å². The number of hydrogen-bond donors (Lipinski definition) is 0. The minimum atomic E-state index is -0.103. The van der Waals surface area contributed by atoms with Crippen LogP contribution in [0.15, 0.2) is 69.8 Å². The van der Waals surface area contributed by atoms with E-state index in [-0.39, 0.29) is 17.2 Å². The minimum Gasteiger partial charge on any atom is -0.340 e. The molecule has 1 aromatic carbocycles. The lowest BCUT2D eigenvalue weighted by Gasteiger charge is -2.16. The van der Waals surface area contributed by atoms with Gasteiger partial charge in [0, 0.05) is 29.4 Å². The van der Waals surface area contributed by atoms with Crippen molar-refractivity contribution >= 4 is 50.6 Å². The highest BCUT2D eigenvalue weighted by Gasteiger charge is 2.18. The summed E-state index contributed by atoms with van der Waals surface area (Å²) >= 11 is 4.38. The summed E-state index contributed by atoms with van der Waals surface area (Å²) in [4.78, 5) is 34.4. The summed E-state index contributed by atoms with van der Waals surface area (Å²) < 4.78 is 1.61. The molecular weight excluding hydrogens is 458 g/mol. The SMILES string of the molecule is C=CCn1c(SCC(=O)N(C)Cc2cccs2)nc2scc(-c3ccc(C)cc3)c2c1=O. The Morgan fingerprint density at radius 1 is 1.25 bits per heavy atom. The van der Waals surface area contributed by atoms with Crippen LogP contribution in [0, 0.1) is 6.92 Å². The molecule has 32 heavy (non-hydrogen) atoms. The molecule has 0 unspecified atom stereocenters. The molecule has 0 spiro atoms. The number of thiophene rings is 2. The van der Waals surface area contributed by atoms with Gasteiger partial charge in [0.15, 0.2) is 5.16 Å². The van der Waals surface area contributed by atoms with Crippen molar-refractivity contribution in [3.63, 3.8) is 0 Å². The predicted molar refractivity (Wildman–Crippen MR) is 136 cm³/mol. The van der Waals surface area contributed by atoms with Crippen LogP contribution in [0.1, 0.15) is 10.4 Å². The number of fused-ring (bicyclic) bond motifs is 1. The molecule has 0 atom stereocenters. The summed E-state index contributed by atoms with van der Waals surface area (Å²) in [5.41, 5.74) is 2.96. The van der Waals surface area contributed by atoms with E-state index in [1.807, 2.05) is 54.1 Å². The molecule has 0 aliphatic rings. The van der Waals surface area contributed by atoms with Gasteiger partial charge in [-0.15, -0.1) is 29.3 Å². The zero-order valence-corrected chi connectivity index (χ0v) is 20.4. The number of aromatic nitrogens is 2. The maximum atomic E-state index is 13.4. The molecule has 3 heterocycles. The summed E-state index contributed by atoms with van der Waals surface area (Å²) in [6.07, 6.45) is 1.68. The number of thioether (sulfide) groups is 1. The van der Waals surface area contributed by atoms with E-state index in [0.717, 1.165) is 16.0 Å². The van der Waals surface area contributed by atoms with Crippen LogP contribution in [-0.4, -0.2) is 33.2 Å². The molecule has 3 aromatic heterocycles. The standard InChI is InChI=1S/C24H23N3O2S3/c1-4-11-27-23(29)21-19(17-9-7-16(2)8-10-17)14-31-22(21)25-24(27)32-15-20(28)26(3)13-18-6-5-12-30-18/h4-10,12,14H,1,11,13,15H2,2-3H3. The zero-order valence-electron chi connectivity index (χ0n) is 17.9. The van der Waals surface area contributed by atoms with Gasteiger partial charge in [-0.05, 0) is 23.9 Å². The number of rotatable bonds is 8. The van der Waals surface area contributed by atoms with Crippen molar-refractivity contribution in [3.8, 4) is 11.1 Å². The second kappa shape index (κ2) is 9.85. The highest BCUT2D eigenvalue weighted by Crippen LogP contribution is 2.32. The largest absolute Gasteiger partial charge is 0.340 e. The Bertz CT molecular complexity index is 1310. The van der Waals surface area contributed by atoms with Crippen molar-refractivity contribution < 1.29 is 4.79 Å². The number of amides is 1. The van der Waals surface area contributed by atoms with Crippen LogP contribution in [-0.2, 0) is 17.9 Å². The third kappa shape index (κ3) is 4.72. The molecule has 8 heteroatoms. The number of benzene rings is 1. The number of carbonyl (C=O) groups excluding carboxylic acids is 1. The van der Waals surface area contributed by atoms with Gasteiger partial charge in [0.05, 0.1) is 17.7 Å². The van der Waals surface area contributed by atoms with Gasteiger partial charge < -0.3 is 4.90 Å². The number of hydrogen-bond acceptors (Lipinski definition) is 6. The molecule has 5 nitrogen and oxygen atoms in total. The van der Waals surface area contributed by atoms with E-state index in [2.05, 4.69) is 6.58 Å². The molecule has 0 saturated heterocycles. The van der Waals surface area contributed by atoms with Crippen molar-refractivity contribution in [3.05, 3.63) is 80.6 Å². The van der Waals surface area contributed by atoms with Crippen LogP contribution in [0.3, 0.4) is 0 Å². The highest BCUT2D eigenvalue weighted by molar-refractivity contribution is 7.99. The summed E-state index contributed by atoms with van der Waals surface area (Å²) in [5.74, 6) is 0.210. The fourth-order valence-corrected chi connectivity index (χ4v) is 6.01.